The number of carbonyl (C=O) groups excluding carboxylic acids is 2. The summed E-state index contributed by atoms with van der Waals surface area (Å²) in [5.74, 6) is 0.434. The number of anilines is 1. The molecule has 2 aromatic heterocycles. The number of aromatic nitrogens is 2. The van der Waals surface area contributed by atoms with Gasteiger partial charge in [-0.3, -0.25) is 14.6 Å². The van der Waals surface area contributed by atoms with E-state index in [0.717, 1.165) is 18.8 Å². The minimum Gasteiger partial charge on any atom is -0.355 e. The zero-order chi connectivity index (χ0) is 19.2. The van der Waals surface area contributed by atoms with Gasteiger partial charge in [0.1, 0.15) is 17.9 Å². The summed E-state index contributed by atoms with van der Waals surface area (Å²) in [6.07, 6.45) is 2.36. The molecular formula is C20H21N5O2. The van der Waals surface area contributed by atoms with Gasteiger partial charge in [0.15, 0.2) is 0 Å². The molecule has 7 nitrogen and oxygen atoms in total. The molecule has 0 bridgehead atoms. The summed E-state index contributed by atoms with van der Waals surface area (Å²) in [5, 5.41) is 8.71. The van der Waals surface area contributed by atoms with E-state index in [9.17, 15) is 9.59 Å². The highest BCUT2D eigenvalue weighted by Crippen LogP contribution is 2.17. The summed E-state index contributed by atoms with van der Waals surface area (Å²) >= 11 is 0. The Morgan fingerprint density at radius 3 is 2.78 bits per heavy atom. The number of pyridine rings is 2. The molecule has 0 aliphatic carbocycles. The highest BCUT2D eigenvalue weighted by molar-refractivity contribution is 6.08. The van der Waals surface area contributed by atoms with Gasteiger partial charge < -0.3 is 9.80 Å². The van der Waals surface area contributed by atoms with Gasteiger partial charge in [0.2, 0.25) is 11.7 Å². The first kappa shape index (κ1) is 18.5. The third kappa shape index (κ3) is 4.29. The van der Waals surface area contributed by atoms with E-state index in [-0.39, 0.29) is 18.1 Å². The van der Waals surface area contributed by atoms with Crippen molar-refractivity contribution in [1.29, 1.82) is 5.26 Å². The Kier molecular flexibility index (Phi) is 5.77. The zero-order valence-electron chi connectivity index (χ0n) is 15.3. The monoisotopic (exact) mass is 363 g/mol. The Labute approximate surface area is 158 Å². The number of nitriles is 1. The van der Waals surface area contributed by atoms with Crippen LogP contribution in [0.3, 0.4) is 0 Å². The van der Waals surface area contributed by atoms with Gasteiger partial charge in [-0.25, -0.2) is 4.98 Å². The molecule has 1 aliphatic heterocycles. The minimum atomic E-state index is -0.150. The van der Waals surface area contributed by atoms with Gasteiger partial charge in [0.05, 0.1) is 6.07 Å². The van der Waals surface area contributed by atoms with Crippen molar-refractivity contribution in [2.24, 2.45) is 0 Å². The fraction of sp³-hybridized carbons (Fsp3) is 0.350. The lowest BCUT2D eigenvalue weighted by molar-refractivity contribution is -0.129. The Morgan fingerprint density at radius 1 is 1.15 bits per heavy atom. The number of hydrogen-bond acceptors (Lipinski definition) is 6. The van der Waals surface area contributed by atoms with Crippen LogP contribution in [-0.2, 0) is 4.79 Å². The van der Waals surface area contributed by atoms with E-state index in [0.29, 0.717) is 36.6 Å². The first-order chi connectivity index (χ1) is 13.1. The summed E-state index contributed by atoms with van der Waals surface area (Å²) in [7, 11) is 0. The maximum absolute atomic E-state index is 12.8. The molecule has 0 saturated carbocycles. The second kappa shape index (κ2) is 8.41. The van der Waals surface area contributed by atoms with Crippen LogP contribution in [0.5, 0.6) is 0 Å². The SMILES string of the molecule is Cc1ncccc1C(=O)c1cccc(N2CCCN(C(=O)CC#N)CC2)n1. The van der Waals surface area contributed by atoms with Crippen LogP contribution in [0.1, 0.15) is 34.6 Å². The fourth-order valence-electron chi connectivity index (χ4n) is 3.16. The van der Waals surface area contributed by atoms with Crippen molar-refractivity contribution in [2.75, 3.05) is 31.1 Å². The standard InChI is InChI=1S/C20H21N5O2/c1-15-16(5-3-10-22-15)20(27)17-6-2-7-18(23-17)24-11-4-12-25(14-13-24)19(26)8-9-21/h2-3,5-7,10H,4,8,11-14H2,1H3. The van der Waals surface area contributed by atoms with E-state index in [2.05, 4.69) is 14.9 Å². The smallest absolute Gasteiger partial charge is 0.236 e. The quantitative estimate of drug-likeness (QED) is 0.772. The van der Waals surface area contributed by atoms with E-state index in [1.807, 2.05) is 18.2 Å². The van der Waals surface area contributed by atoms with Crippen molar-refractivity contribution in [3.63, 3.8) is 0 Å². The molecule has 7 heteroatoms. The largest absolute Gasteiger partial charge is 0.355 e. The summed E-state index contributed by atoms with van der Waals surface area (Å²) in [5.41, 5.74) is 1.60. The predicted molar refractivity (Wildman–Crippen MR) is 100 cm³/mol. The number of amides is 1. The molecule has 0 unspecified atom stereocenters. The normalized spacial score (nSPS) is 14.4. The molecular weight excluding hydrogens is 342 g/mol. The second-order valence-corrected chi connectivity index (χ2v) is 6.40. The Morgan fingerprint density at radius 2 is 2.00 bits per heavy atom. The van der Waals surface area contributed by atoms with Gasteiger partial charge >= 0.3 is 0 Å². The van der Waals surface area contributed by atoms with E-state index < -0.39 is 0 Å². The van der Waals surface area contributed by atoms with Crippen molar-refractivity contribution in [3.05, 3.63) is 53.5 Å². The number of ketones is 1. The van der Waals surface area contributed by atoms with E-state index in [1.165, 1.54) is 0 Å². The van der Waals surface area contributed by atoms with Gasteiger partial charge in [-0.05, 0) is 37.6 Å². The third-order valence-electron chi connectivity index (χ3n) is 4.62. The van der Waals surface area contributed by atoms with Crippen LogP contribution in [0.2, 0.25) is 0 Å². The maximum atomic E-state index is 12.8. The molecule has 138 valence electrons. The summed E-state index contributed by atoms with van der Waals surface area (Å²) < 4.78 is 0. The van der Waals surface area contributed by atoms with Gasteiger partial charge in [-0.1, -0.05) is 6.07 Å². The topological polar surface area (TPSA) is 90.2 Å². The van der Waals surface area contributed by atoms with Gasteiger partial charge in [0.25, 0.3) is 0 Å². The van der Waals surface area contributed by atoms with Crippen molar-refractivity contribution in [2.45, 2.75) is 19.8 Å². The van der Waals surface area contributed by atoms with Gasteiger partial charge in [-0.15, -0.1) is 0 Å². The maximum Gasteiger partial charge on any atom is 0.236 e. The van der Waals surface area contributed by atoms with E-state index in [4.69, 9.17) is 5.26 Å². The van der Waals surface area contributed by atoms with Gasteiger partial charge in [-0.2, -0.15) is 5.26 Å². The molecule has 1 aliphatic rings. The average Bonchev–Trinajstić information content (AvgIpc) is 2.94. The first-order valence-electron chi connectivity index (χ1n) is 8.93. The lowest BCUT2D eigenvalue weighted by Crippen LogP contribution is -2.35. The van der Waals surface area contributed by atoms with E-state index in [1.54, 1.807) is 36.2 Å². The van der Waals surface area contributed by atoms with Gasteiger partial charge in [0, 0.05) is 43.6 Å². The molecule has 1 fully saturated rings. The molecule has 1 amide bonds. The second-order valence-electron chi connectivity index (χ2n) is 6.40. The van der Waals surface area contributed by atoms with Crippen molar-refractivity contribution in [1.82, 2.24) is 14.9 Å². The lowest BCUT2D eigenvalue weighted by atomic mass is 10.1. The molecule has 27 heavy (non-hydrogen) atoms. The summed E-state index contributed by atoms with van der Waals surface area (Å²) in [6.45, 7) is 4.34. The zero-order valence-corrected chi connectivity index (χ0v) is 15.3. The summed E-state index contributed by atoms with van der Waals surface area (Å²) in [6, 6.07) is 10.8. The number of hydrogen-bond donors (Lipinski definition) is 0. The van der Waals surface area contributed by atoms with Crippen molar-refractivity contribution in [3.8, 4) is 6.07 Å². The molecule has 0 aromatic carbocycles. The van der Waals surface area contributed by atoms with Crippen molar-refractivity contribution >= 4 is 17.5 Å². The molecule has 0 N–H and O–H groups in total. The van der Waals surface area contributed by atoms with Crippen LogP contribution in [0.15, 0.2) is 36.5 Å². The van der Waals surface area contributed by atoms with Crippen LogP contribution in [0.4, 0.5) is 5.82 Å². The van der Waals surface area contributed by atoms with Crippen LogP contribution in [0, 0.1) is 18.3 Å². The van der Waals surface area contributed by atoms with Crippen LogP contribution < -0.4 is 4.90 Å². The predicted octanol–water partition coefficient (Wildman–Crippen LogP) is 1.97. The fourth-order valence-corrected chi connectivity index (χ4v) is 3.16. The third-order valence-corrected chi connectivity index (χ3v) is 4.62. The van der Waals surface area contributed by atoms with Crippen LogP contribution in [-0.4, -0.2) is 52.7 Å². The highest BCUT2D eigenvalue weighted by Gasteiger charge is 2.21. The van der Waals surface area contributed by atoms with Crippen LogP contribution >= 0.6 is 0 Å². The molecule has 3 rings (SSSR count). The Hall–Kier alpha value is -3.27. The number of rotatable bonds is 4. The molecule has 0 radical (unpaired) electrons. The van der Waals surface area contributed by atoms with E-state index >= 15 is 0 Å². The molecule has 2 aromatic rings. The average molecular weight is 363 g/mol. The molecule has 0 atom stereocenters. The number of aryl methyl sites for hydroxylation is 1. The minimum absolute atomic E-state index is 0.0906. The summed E-state index contributed by atoms with van der Waals surface area (Å²) in [4.78, 5) is 37.2. The highest BCUT2D eigenvalue weighted by atomic mass is 16.2. The van der Waals surface area contributed by atoms with Crippen molar-refractivity contribution < 1.29 is 9.59 Å². The van der Waals surface area contributed by atoms with Crippen LogP contribution in [0.25, 0.3) is 0 Å². The molecule has 0 spiro atoms. The Bertz CT molecular complexity index is 890. The number of nitrogens with zero attached hydrogens (tertiary/aromatic N) is 5. The molecule has 1 saturated heterocycles. The first-order valence-corrected chi connectivity index (χ1v) is 8.93. The number of carbonyl (C=O) groups is 2. The lowest BCUT2D eigenvalue weighted by Gasteiger charge is -2.22. The Balaban J connectivity index is 1.76. The molecule has 3 heterocycles.